The van der Waals surface area contributed by atoms with Gasteiger partial charge in [-0.2, -0.15) is 26.8 Å². The van der Waals surface area contributed by atoms with Gasteiger partial charge in [-0.25, -0.2) is 4.39 Å². The van der Waals surface area contributed by atoms with Crippen molar-refractivity contribution in [2.75, 3.05) is 64.4 Å². The fraction of sp³-hybridized carbons (Fsp3) is 0.462. The van der Waals surface area contributed by atoms with E-state index in [-0.39, 0.29) is 63.5 Å². The topological polar surface area (TPSA) is 165 Å². The van der Waals surface area contributed by atoms with Gasteiger partial charge >= 0.3 is 26.2 Å². The molecule has 0 saturated carbocycles. The lowest BCUT2D eigenvalue weighted by atomic mass is 10.1. The van der Waals surface area contributed by atoms with Crippen LogP contribution in [0.3, 0.4) is 0 Å². The predicted molar refractivity (Wildman–Crippen MR) is 158 cm³/mol. The number of anilines is 2. The fourth-order valence-electron chi connectivity index (χ4n) is 4.88. The molecule has 0 amide bonds. The highest BCUT2D eigenvalue weighted by atomic mass is 35.5. The van der Waals surface area contributed by atoms with E-state index in [1.54, 1.807) is 0 Å². The number of hydrogen-bond donors (Lipinski definition) is 1. The van der Waals surface area contributed by atoms with Gasteiger partial charge in [-0.3, -0.25) is 4.90 Å². The van der Waals surface area contributed by atoms with Crippen LogP contribution in [0.4, 0.5) is 15.9 Å². The Bertz CT molecular complexity index is 1750. The van der Waals surface area contributed by atoms with Crippen LogP contribution in [0.2, 0.25) is 5.02 Å². The predicted octanol–water partition coefficient (Wildman–Crippen LogP) is 2.72. The molecule has 18 heteroatoms. The van der Waals surface area contributed by atoms with Gasteiger partial charge in [0.15, 0.2) is 5.75 Å². The number of benzene rings is 2. The molecule has 2 saturated heterocycles. The molecule has 0 bridgehead atoms. The second-order valence-electron chi connectivity index (χ2n) is 10.1. The molecular formula is C26H30ClFN4O10S2. The normalized spacial score (nSPS) is 19.0. The first kappa shape index (κ1) is 32.2. The van der Waals surface area contributed by atoms with Crippen LogP contribution < -0.4 is 23.2 Å². The standard InChI is InChI=1S/C26H30ClFN4O10S2/c1-37-19-12-18-22(25(31-26(30-18)42-44(3,35)36)29-15-5-6-17(28)16(27)11-15)24(41-43(2,33)34)23(19)40-8-4-7-32-13-20-21(14-32)39-10-9-38-20/h5-6,11-12,20-21H,4,7-10,13-14H2,1-3H3,(H,29,30,31)/t20-,21+. The van der Waals surface area contributed by atoms with Crippen molar-refractivity contribution in [1.29, 1.82) is 0 Å². The second kappa shape index (κ2) is 13.0. The van der Waals surface area contributed by atoms with Gasteiger partial charge in [0, 0.05) is 31.4 Å². The summed E-state index contributed by atoms with van der Waals surface area (Å²) in [5.41, 5.74) is 0.210. The maximum atomic E-state index is 13.8. The molecule has 2 aliphatic rings. The molecule has 2 aromatic carbocycles. The highest BCUT2D eigenvalue weighted by Crippen LogP contribution is 2.47. The molecule has 3 heterocycles. The fourth-order valence-corrected chi connectivity index (χ4v) is 5.86. The summed E-state index contributed by atoms with van der Waals surface area (Å²) in [4.78, 5) is 10.5. The van der Waals surface area contributed by atoms with Crippen molar-refractivity contribution in [3.05, 3.63) is 35.1 Å². The minimum Gasteiger partial charge on any atom is -0.493 e. The number of halogens is 2. The first-order valence-electron chi connectivity index (χ1n) is 13.3. The summed E-state index contributed by atoms with van der Waals surface area (Å²) in [6, 6.07) is 4.50. The largest absolute Gasteiger partial charge is 0.493 e. The molecule has 1 aromatic heterocycles. The van der Waals surface area contributed by atoms with Gasteiger partial charge in [0.25, 0.3) is 0 Å². The van der Waals surface area contributed by atoms with E-state index in [1.807, 2.05) is 0 Å². The van der Waals surface area contributed by atoms with Gasteiger partial charge < -0.3 is 32.6 Å². The number of nitrogens with zero attached hydrogens (tertiary/aromatic N) is 3. The van der Waals surface area contributed by atoms with E-state index < -0.39 is 32.1 Å². The second-order valence-corrected chi connectivity index (χ2v) is 13.7. The van der Waals surface area contributed by atoms with Crippen molar-refractivity contribution < 1.29 is 48.5 Å². The van der Waals surface area contributed by atoms with E-state index in [1.165, 1.54) is 25.3 Å². The zero-order valence-electron chi connectivity index (χ0n) is 23.9. The van der Waals surface area contributed by atoms with E-state index in [2.05, 4.69) is 20.2 Å². The van der Waals surface area contributed by atoms with E-state index >= 15 is 0 Å². The molecule has 1 N–H and O–H groups in total. The van der Waals surface area contributed by atoms with Gasteiger partial charge in [-0.15, -0.1) is 0 Å². The van der Waals surface area contributed by atoms with Gasteiger partial charge in [-0.05, 0) is 24.6 Å². The zero-order valence-corrected chi connectivity index (χ0v) is 26.3. The van der Waals surface area contributed by atoms with Crippen LogP contribution >= 0.6 is 11.6 Å². The SMILES string of the molecule is COc1cc2nc(OS(C)(=O)=O)nc(Nc3ccc(F)c(Cl)c3)c2c(OS(C)(=O)=O)c1OCCCN1C[C@@H]2OCCO[C@@H]2C1. The molecule has 5 rings (SSSR count). The smallest absolute Gasteiger partial charge is 0.335 e. The molecule has 2 fully saturated rings. The zero-order chi connectivity index (χ0) is 31.6. The minimum absolute atomic E-state index is 0.0168. The summed E-state index contributed by atoms with van der Waals surface area (Å²) in [6.07, 6.45) is 2.25. The molecule has 3 aromatic rings. The Labute approximate surface area is 258 Å². The quantitative estimate of drug-likeness (QED) is 0.220. The summed E-state index contributed by atoms with van der Waals surface area (Å²) in [5, 5.41) is 2.65. The molecule has 0 spiro atoms. The van der Waals surface area contributed by atoms with Crippen LogP contribution in [0.5, 0.6) is 23.3 Å². The summed E-state index contributed by atoms with van der Waals surface area (Å²) in [6.45, 7) is 3.39. The third-order valence-corrected chi connectivity index (χ3v) is 7.82. The van der Waals surface area contributed by atoms with Crippen LogP contribution in [-0.2, 0) is 29.7 Å². The van der Waals surface area contributed by atoms with Gasteiger partial charge in [-0.1, -0.05) is 11.6 Å². The van der Waals surface area contributed by atoms with Crippen LogP contribution in [0.15, 0.2) is 24.3 Å². The number of rotatable bonds is 12. The molecule has 2 atom stereocenters. The number of methoxy groups -OCH3 is 1. The number of nitrogens with one attached hydrogen (secondary N) is 1. The third-order valence-electron chi connectivity index (χ3n) is 6.61. The number of ether oxygens (including phenoxy) is 4. The van der Waals surface area contributed by atoms with Gasteiger partial charge in [0.1, 0.15) is 11.6 Å². The summed E-state index contributed by atoms with van der Waals surface area (Å²) >= 11 is 5.94. The van der Waals surface area contributed by atoms with Crippen LogP contribution in [0.25, 0.3) is 10.9 Å². The summed E-state index contributed by atoms with van der Waals surface area (Å²) in [7, 11) is -6.90. The van der Waals surface area contributed by atoms with Crippen molar-refractivity contribution in [2.45, 2.75) is 18.6 Å². The van der Waals surface area contributed by atoms with Gasteiger partial charge in [0.2, 0.25) is 11.5 Å². The molecule has 14 nitrogen and oxygen atoms in total. The Morgan fingerprint density at radius 1 is 1.02 bits per heavy atom. The molecular weight excluding hydrogens is 647 g/mol. The first-order chi connectivity index (χ1) is 20.8. The maximum Gasteiger partial charge on any atom is 0.335 e. The Kier molecular flexibility index (Phi) is 9.52. The first-order valence-corrected chi connectivity index (χ1v) is 17.3. The Morgan fingerprint density at radius 3 is 2.32 bits per heavy atom. The highest BCUT2D eigenvalue weighted by molar-refractivity contribution is 7.86. The number of aromatic nitrogens is 2. The molecule has 44 heavy (non-hydrogen) atoms. The Balaban J connectivity index is 1.52. The average Bonchev–Trinajstić information content (AvgIpc) is 3.34. The number of fused-ring (bicyclic) bond motifs is 2. The van der Waals surface area contributed by atoms with Crippen molar-refractivity contribution in [1.82, 2.24) is 14.9 Å². The monoisotopic (exact) mass is 676 g/mol. The molecule has 2 aliphatic heterocycles. The van der Waals surface area contributed by atoms with E-state index in [9.17, 15) is 21.2 Å². The number of likely N-dealkylation sites (tertiary alicyclic amines) is 1. The van der Waals surface area contributed by atoms with Crippen LogP contribution in [0, 0.1) is 5.82 Å². The lowest BCUT2D eigenvalue weighted by Gasteiger charge is -2.24. The van der Waals surface area contributed by atoms with E-state index in [4.69, 9.17) is 38.9 Å². The van der Waals surface area contributed by atoms with Crippen LogP contribution in [-0.4, -0.2) is 103 Å². The van der Waals surface area contributed by atoms with E-state index in [0.29, 0.717) is 26.2 Å². The van der Waals surface area contributed by atoms with Crippen molar-refractivity contribution in [3.8, 4) is 23.3 Å². The van der Waals surface area contributed by atoms with Crippen molar-refractivity contribution in [3.63, 3.8) is 0 Å². The van der Waals surface area contributed by atoms with Crippen molar-refractivity contribution >= 4 is 54.2 Å². The average molecular weight is 677 g/mol. The van der Waals surface area contributed by atoms with Gasteiger partial charge in [0.05, 0.1) is 67.6 Å². The molecule has 0 aliphatic carbocycles. The van der Waals surface area contributed by atoms with E-state index in [0.717, 1.165) is 31.7 Å². The lowest BCUT2D eigenvalue weighted by Crippen LogP contribution is -2.36. The minimum atomic E-state index is -4.17. The third kappa shape index (κ3) is 7.89. The number of hydrogen-bond acceptors (Lipinski definition) is 14. The lowest BCUT2D eigenvalue weighted by molar-refractivity contribution is -0.116. The Hall–Kier alpha value is -3.22. The van der Waals surface area contributed by atoms with Crippen LogP contribution in [0.1, 0.15) is 6.42 Å². The summed E-state index contributed by atoms with van der Waals surface area (Å²) < 4.78 is 95.9. The maximum absolute atomic E-state index is 13.8. The van der Waals surface area contributed by atoms with Crippen molar-refractivity contribution in [2.24, 2.45) is 0 Å². The summed E-state index contributed by atoms with van der Waals surface area (Å²) in [5.74, 6) is -1.17. The molecule has 0 unspecified atom stereocenters. The Morgan fingerprint density at radius 2 is 1.70 bits per heavy atom. The molecule has 0 radical (unpaired) electrons. The molecule has 240 valence electrons. The highest BCUT2D eigenvalue weighted by Gasteiger charge is 2.36.